The number of benzene rings is 1. The van der Waals surface area contributed by atoms with Crippen molar-refractivity contribution in [3.05, 3.63) is 53.4 Å². The number of hydrogen-bond donors (Lipinski definition) is 1. The average molecular weight is 275 g/mol. The highest BCUT2D eigenvalue weighted by Crippen LogP contribution is 2.32. The van der Waals surface area contributed by atoms with Gasteiger partial charge in [-0.25, -0.2) is 13.7 Å². The van der Waals surface area contributed by atoms with Crippen molar-refractivity contribution >= 4 is 23.2 Å². The van der Waals surface area contributed by atoms with Gasteiger partial charge in [0.25, 0.3) is 11.8 Å². The first-order valence-electron chi connectivity index (χ1n) is 5.58. The smallest absolute Gasteiger partial charge is 0.266 e. The van der Waals surface area contributed by atoms with E-state index in [-0.39, 0.29) is 22.5 Å². The molecule has 1 aromatic heterocycles. The van der Waals surface area contributed by atoms with Crippen molar-refractivity contribution in [3.8, 4) is 0 Å². The number of hydrogen-bond acceptors (Lipinski definition) is 4. The number of carbonyl (C=O) groups excluding carboxylic acids is 2. The summed E-state index contributed by atoms with van der Waals surface area (Å²) in [6.07, 6.45) is 2.64. The molecule has 100 valence electrons. The summed E-state index contributed by atoms with van der Waals surface area (Å²) >= 11 is 0. The Hall–Kier alpha value is -2.83. The van der Waals surface area contributed by atoms with Crippen LogP contribution in [0.25, 0.3) is 0 Å². The molecule has 0 saturated heterocycles. The van der Waals surface area contributed by atoms with Gasteiger partial charge in [-0.3, -0.25) is 14.6 Å². The molecule has 0 aliphatic carbocycles. The Bertz CT molecular complexity index is 720. The molecule has 0 bridgehead atoms. The second-order valence-corrected chi connectivity index (χ2v) is 4.19. The number of anilines is 2. The number of aromatic nitrogens is 1. The molecule has 1 aliphatic heterocycles. The van der Waals surface area contributed by atoms with E-state index in [0.29, 0.717) is 12.1 Å². The molecule has 0 unspecified atom stereocenters. The Morgan fingerprint density at radius 3 is 2.10 bits per heavy atom. The third-order valence-electron chi connectivity index (χ3n) is 3.00. The van der Waals surface area contributed by atoms with E-state index < -0.39 is 23.4 Å². The molecule has 0 atom stereocenters. The van der Waals surface area contributed by atoms with Gasteiger partial charge in [-0.05, 0) is 18.2 Å². The number of rotatable bonds is 1. The fourth-order valence-corrected chi connectivity index (χ4v) is 2.06. The van der Waals surface area contributed by atoms with Crippen molar-refractivity contribution in [2.45, 2.75) is 0 Å². The first-order chi connectivity index (χ1) is 9.50. The number of halogens is 2. The summed E-state index contributed by atoms with van der Waals surface area (Å²) in [6.45, 7) is 0. The van der Waals surface area contributed by atoms with Crippen LogP contribution in [0.4, 0.5) is 20.2 Å². The Balaban J connectivity index is 2.17. The van der Waals surface area contributed by atoms with Crippen LogP contribution in [0.3, 0.4) is 0 Å². The van der Waals surface area contributed by atoms with E-state index in [1.165, 1.54) is 18.5 Å². The molecular formula is C13H7F2N3O2. The fourth-order valence-electron chi connectivity index (χ4n) is 2.06. The van der Waals surface area contributed by atoms with Crippen LogP contribution in [0.5, 0.6) is 0 Å². The largest absolute Gasteiger partial charge is 0.396 e. The third kappa shape index (κ3) is 1.56. The van der Waals surface area contributed by atoms with Gasteiger partial charge in [-0.1, -0.05) is 0 Å². The SMILES string of the molecule is Nc1cnccc1N1C(=O)c2cc(F)c(F)cc2C1=O. The van der Waals surface area contributed by atoms with Gasteiger partial charge in [0.2, 0.25) is 0 Å². The zero-order valence-corrected chi connectivity index (χ0v) is 9.93. The number of nitrogens with zero attached hydrogens (tertiary/aromatic N) is 2. The number of nitrogen functional groups attached to an aromatic ring is 1. The number of carbonyl (C=O) groups is 2. The second-order valence-electron chi connectivity index (χ2n) is 4.19. The quantitative estimate of drug-likeness (QED) is 0.804. The Morgan fingerprint density at radius 2 is 1.60 bits per heavy atom. The van der Waals surface area contributed by atoms with E-state index in [2.05, 4.69) is 4.98 Å². The Morgan fingerprint density at radius 1 is 1.05 bits per heavy atom. The summed E-state index contributed by atoms with van der Waals surface area (Å²) in [7, 11) is 0. The van der Waals surface area contributed by atoms with E-state index >= 15 is 0 Å². The van der Waals surface area contributed by atoms with Crippen LogP contribution < -0.4 is 10.6 Å². The Kier molecular flexibility index (Phi) is 2.50. The van der Waals surface area contributed by atoms with Crippen LogP contribution in [-0.2, 0) is 0 Å². The predicted octanol–water partition coefficient (Wildman–Crippen LogP) is 1.74. The molecule has 2 N–H and O–H groups in total. The molecule has 0 spiro atoms. The fraction of sp³-hybridized carbons (Fsp3) is 0. The molecule has 7 heteroatoms. The van der Waals surface area contributed by atoms with Crippen molar-refractivity contribution in [1.29, 1.82) is 0 Å². The molecule has 2 aromatic rings. The lowest BCUT2D eigenvalue weighted by molar-refractivity contribution is 0.0926. The lowest BCUT2D eigenvalue weighted by Gasteiger charge is -2.15. The van der Waals surface area contributed by atoms with Crippen molar-refractivity contribution in [2.75, 3.05) is 10.6 Å². The maximum atomic E-state index is 13.2. The average Bonchev–Trinajstić information content (AvgIpc) is 2.64. The van der Waals surface area contributed by atoms with Crippen LogP contribution in [0, 0.1) is 11.6 Å². The van der Waals surface area contributed by atoms with Gasteiger partial charge >= 0.3 is 0 Å². The summed E-state index contributed by atoms with van der Waals surface area (Å²) in [5.74, 6) is -3.87. The van der Waals surface area contributed by atoms with E-state index in [1.54, 1.807) is 0 Å². The van der Waals surface area contributed by atoms with Crippen molar-refractivity contribution in [1.82, 2.24) is 4.98 Å². The minimum Gasteiger partial charge on any atom is -0.396 e. The summed E-state index contributed by atoms with van der Waals surface area (Å²) in [5.41, 5.74) is 5.53. The molecule has 2 heterocycles. The standard InChI is InChI=1S/C13H7F2N3O2/c14-8-3-6-7(4-9(8)15)13(20)18(12(6)19)11-1-2-17-5-10(11)16/h1-5H,16H2. The van der Waals surface area contributed by atoms with Gasteiger partial charge < -0.3 is 5.73 Å². The minimum atomic E-state index is -1.19. The van der Waals surface area contributed by atoms with Crippen LogP contribution in [0.1, 0.15) is 20.7 Å². The van der Waals surface area contributed by atoms with E-state index in [4.69, 9.17) is 5.73 Å². The Labute approximate surface area is 111 Å². The normalized spacial score (nSPS) is 13.8. The molecule has 0 fully saturated rings. The number of nitrogens with two attached hydrogens (primary N) is 1. The van der Waals surface area contributed by atoms with E-state index in [1.807, 2.05) is 0 Å². The highest BCUT2D eigenvalue weighted by molar-refractivity contribution is 6.35. The van der Waals surface area contributed by atoms with Crippen molar-refractivity contribution < 1.29 is 18.4 Å². The lowest BCUT2D eigenvalue weighted by Crippen LogP contribution is -2.30. The molecule has 2 amide bonds. The topological polar surface area (TPSA) is 76.3 Å². The van der Waals surface area contributed by atoms with Gasteiger partial charge in [0.1, 0.15) is 0 Å². The van der Waals surface area contributed by atoms with Crippen LogP contribution in [0.2, 0.25) is 0 Å². The highest BCUT2D eigenvalue weighted by atomic mass is 19.2. The number of pyridine rings is 1. The highest BCUT2D eigenvalue weighted by Gasteiger charge is 2.38. The maximum absolute atomic E-state index is 13.2. The third-order valence-corrected chi connectivity index (χ3v) is 3.00. The molecular weight excluding hydrogens is 268 g/mol. The first-order valence-corrected chi connectivity index (χ1v) is 5.58. The molecule has 20 heavy (non-hydrogen) atoms. The first kappa shape index (κ1) is 12.2. The summed E-state index contributed by atoms with van der Waals surface area (Å²) in [5, 5.41) is 0. The maximum Gasteiger partial charge on any atom is 0.266 e. The van der Waals surface area contributed by atoms with Crippen molar-refractivity contribution in [2.24, 2.45) is 0 Å². The minimum absolute atomic E-state index is 0.114. The molecule has 0 saturated carbocycles. The number of fused-ring (bicyclic) bond motifs is 1. The number of imide groups is 1. The number of amides is 2. The molecule has 1 aliphatic rings. The zero-order valence-electron chi connectivity index (χ0n) is 9.93. The van der Waals surface area contributed by atoms with Gasteiger partial charge in [0.15, 0.2) is 11.6 Å². The zero-order chi connectivity index (χ0) is 14.4. The molecule has 3 rings (SSSR count). The van der Waals surface area contributed by atoms with Crippen LogP contribution in [0.15, 0.2) is 30.6 Å². The molecule has 5 nitrogen and oxygen atoms in total. The monoisotopic (exact) mass is 275 g/mol. The summed E-state index contributed by atoms with van der Waals surface area (Å²) < 4.78 is 26.4. The van der Waals surface area contributed by atoms with Gasteiger partial charge in [-0.2, -0.15) is 0 Å². The summed E-state index contributed by atoms with van der Waals surface area (Å²) in [4.78, 5) is 28.9. The predicted molar refractivity (Wildman–Crippen MR) is 66.1 cm³/mol. The van der Waals surface area contributed by atoms with E-state index in [0.717, 1.165) is 4.90 Å². The van der Waals surface area contributed by atoms with Gasteiger partial charge in [-0.15, -0.1) is 0 Å². The summed E-state index contributed by atoms with van der Waals surface area (Å²) in [6, 6.07) is 2.80. The van der Waals surface area contributed by atoms with E-state index in [9.17, 15) is 18.4 Å². The second kappa shape index (κ2) is 4.09. The van der Waals surface area contributed by atoms with Crippen molar-refractivity contribution in [3.63, 3.8) is 0 Å². The molecule has 0 radical (unpaired) electrons. The molecule has 1 aromatic carbocycles. The lowest BCUT2D eigenvalue weighted by atomic mass is 10.1. The van der Waals surface area contributed by atoms with Gasteiger partial charge in [0, 0.05) is 6.20 Å². The van der Waals surface area contributed by atoms with Crippen LogP contribution in [-0.4, -0.2) is 16.8 Å². The van der Waals surface area contributed by atoms with Gasteiger partial charge in [0.05, 0.1) is 28.7 Å². The van der Waals surface area contributed by atoms with Crippen LogP contribution >= 0.6 is 0 Å².